The smallest absolute Gasteiger partial charge is 0.306 e. The van der Waals surface area contributed by atoms with Crippen molar-refractivity contribution in [3.8, 4) is 0 Å². The van der Waals surface area contributed by atoms with Crippen LogP contribution in [0.2, 0.25) is 0 Å². The number of carbonyl (C=O) groups is 3. The standard InChI is InChI=1S/C72H126O6/c1-4-7-10-13-16-19-22-25-27-29-31-32-33-34-35-36-37-38-39-40-41-43-44-47-50-53-56-59-62-65-71(74)77-68-69(67-76-70(73)64-61-58-55-52-49-46-24-21-18-15-12-9-6-3)78-72(75)66-63-60-57-54-51-48-45-42-30-28-26-23-20-17-14-11-8-5-2/h7,10,16,19-21,23-25,27-28,30-32,69H,4-6,8-9,11-15,17-18,22,26,29,33-68H2,1-3H3/b10-7-,19-16-,23-20-,24-21-,27-25-,30-28-,32-31-. The molecule has 0 N–H and O–H groups in total. The van der Waals surface area contributed by atoms with Crippen LogP contribution in [0, 0.1) is 0 Å². The molecule has 0 amide bonds. The molecule has 0 aromatic rings. The Labute approximate surface area is 484 Å². The van der Waals surface area contributed by atoms with E-state index in [9.17, 15) is 14.4 Å². The van der Waals surface area contributed by atoms with E-state index in [4.69, 9.17) is 14.2 Å². The first-order valence-corrected chi connectivity index (χ1v) is 33.6. The molecule has 0 saturated carbocycles. The molecule has 1 atom stereocenters. The average molecular weight is 1090 g/mol. The fourth-order valence-electron chi connectivity index (χ4n) is 9.58. The number of ether oxygens (including phenoxy) is 3. The van der Waals surface area contributed by atoms with Crippen LogP contribution < -0.4 is 0 Å². The molecule has 6 nitrogen and oxygen atoms in total. The molecular weight excluding hydrogens is 961 g/mol. The van der Waals surface area contributed by atoms with Gasteiger partial charge in [-0.15, -0.1) is 0 Å². The lowest BCUT2D eigenvalue weighted by Gasteiger charge is -2.18. The van der Waals surface area contributed by atoms with E-state index >= 15 is 0 Å². The molecule has 0 saturated heterocycles. The molecule has 0 bridgehead atoms. The van der Waals surface area contributed by atoms with Crippen molar-refractivity contribution in [1.29, 1.82) is 0 Å². The summed E-state index contributed by atoms with van der Waals surface area (Å²) in [6, 6.07) is 0. The molecule has 1 unspecified atom stereocenters. The van der Waals surface area contributed by atoms with E-state index in [2.05, 4.69) is 106 Å². The van der Waals surface area contributed by atoms with Crippen molar-refractivity contribution in [3.05, 3.63) is 85.1 Å². The molecule has 0 radical (unpaired) electrons. The Kier molecular flexibility index (Phi) is 63.2. The molecule has 6 heteroatoms. The Balaban J connectivity index is 4.24. The Bertz CT molecular complexity index is 1480. The van der Waals surface area contributed by atoms with Crippen molar-refractivity contribution >= 4 is 17.9 Å². The van der Waals surface area contributed by atoms with Gasteiger partial charge in [-0.3, -0.25) is 14.4 Å². The van der Waals surface area contributed by atoms with Crippen molar-refractivity contribution in [2.24, 2.45) is 0 Å². The third-order valence-corrected chi connectivity index (χ3v) is 14.6. The summed E-state index contributed by atoms with van der Waals surface area (Å²) in [6.45, 7) is 6.52. The molecule has 0 aliphatic rings. The monoisotopic (exact) mass is 1090 g/mol. The van der Waals surface area contributed by atoms with E-state index in [1.807, 2.05) is 0 Å². The highest BCUT2D eigenvalue weighted by Gasteiger charge is 2.19. The van der Waals surface area contributed by atoms with E-state index in [-0.39, 0.29) is 31.1 Å². The normalized spacial score (nSPS) is 12.6. The van der Waals surface area contributed by atoms with Crippen LogP contribution in [-0.2, 0) is 28.6 Å². The maximum absolute atomic E-state index is 12.9. The summed E-state index contributed by atoms with van der Waals surface area (Å²) in [4.78, 5) is 38.3. The van der Waals surface area contributed by atoms with Gasteiger partial charge in [0.1, 0.15) is 13.2 Å². The van der Waals surface area contributed by atoms with Crippen LogP contribution in [0.1, 0.15) is 335 Å². The molecule has 0 aromatic heterocycles. The number of hydrogen-bond donors (Lipinski definition) is 0. The number of allylic oxidation sites excluding steroid dienone is 14. The van der Waals surface area contributed by atoms with E-state index in [0.29, 0.717) is 19.3 Å². The van der Waals surface area contributed by atoms with Gasteiger partial charge < -0.3 is 14.2 Å². The Morgan fingerprint density at radius 3 is 0.795 bits per heavy atom. The molecule has 0 aromatic carbocycles. The first kappa shape index (κ1) is 74.6. The Hall–Kier alpha value is -3.41. The highest BCUT2D eigenvalue weighted by molar-refractivity contribution is 5.71. The fourth-order valence-corrected chi connectivity index (χ4v) is 9.58. The highest BCUT2D eigenvalue weighted by Crippen LogP contribution is 2.17. The second-order valence-electron chi connectivity index (χ2n) is 22.3. The van der Waals surface area contributed by atoms with Crippen LogP contribution in [0.4, 0.5) is 0 Å². The molecule has 0 spiro atoms. The minimum Gasteiger partial charge on any atom is -0.462 e. The van der Waals surface area contributed by atoms with Gasteiger partial charge in [-0.1, -0.05) is 286 Å². The zero-order valence-electron chi connectivity index (χ0n) is 51.7. The number of carbonyl (C=O) groups excluding carboxylic acids is 3. The third-order valence-electron chi connectivity index (χ3n) is 14.6. The molecule has 0 rings (SSSR count). The van der Waals surface area contributed by atoms with Crippen molar-refractivity contribution in [3.63, 3.8) is 0 Å². The summed E-state index contributed by atoms with van der Waals surface area (Å²) < 4.78 is 16.9. The Morgan fingerprint density at radius 2 is 0.500 bits per heavy atom. The topological polar surface area (TPSA) is 78.9 Å². The van der Waals surface area contributed by atoms with Gasteiger partial charge in [0.05, 0.1) is 0 Å². The van der Waals surface area contributed by atoms with Crippen LogP contribution in [0.3, 0.4) is 0 Å². The van der Waals surface area contributed by atoms with Crippen molar-refractivity contribution in [2.75, 3.05) is 13.2 Å². The zero-order chi connectivity index (χ0) is 56.4. The quantitative estimate of drug-likeness (QED) is 0.0261. The van der Waals surface area contributed by atoms with Crippen LogP contribution in [0.15, 0.2) is 85.1 Å². The lowest BCUT2D eigenvalue weighted by atomic mass is 10.0. The highest BCUT2D eigenvalue weighted by atomic mass is 16.6. The van der Waals surface area contributed by atoms with E-state index in [1.165, 1.54) is 193 Å². The van der Waals surface area contributed by atoms with Gasteiger partial charge >= 0.3 is 17.9 Å². The van der Waals surface area contributed by atoms with Gasteiger partial charge in [-0.05, 0) is 116 Å². The second-order valence-corrected chi connectivity index (χ2v) is 22.3. The number of hydrogen-bond acceptors (Lipinski definition) is 6. The molecule has 0 aliphatic heterocycles. The number of esters is 3. The predicted octanol–water partition coefficient (Wildman–Crippen LogP) is 23.1. The Morgan fingerprint density at radius 1 is 0.269 bits per heavy atom. The molecule has 0 fully saturated rings. The minimum atomic E-state index is -0.784. The predicted molar refractivity (Wildman–Crippen MR) is 339 cm³/mol. The van der Waals surface area contributed by atoms with Crippen LogP contribution in [0.5, 0.6) is 0 Å². The lowest BCUT2D eigenvalue weighted by molar-refractivity contribution is -0.167. The van der Waals surface area contributed by atoms with Crippen LogP contribution >= 0.6 is 0 Å². The summed E-state index contributed by atoms with van der Waals surface area (Å²) in [6.07, 6.45) is 87.4. The third kappa shape index (κ3) is 63.4. The number of rotatable bonds is 61. The van der Waals surface area contributed by atoms with Gasteiger partial charge in [0.2, 0.25) is 0 Å². The van der Waals surface area contributed by atoms with Crippen molar-refractivity contribution < 1.29 is 28.6 Å². The van der Waals surface area contributed by atoms with E-state index < -0.39 is 6.10 Å². The van der Waals surface area contributed by atoms with Gasteiger partial charge in [0.15, 0.2) is 6.10 Å². The summed E-state index contributed by atoms with van der Waals surface area (Å²) in [5, 5.41) is 0. The summed E-state index contributed by atoms with van der Waals surface area (Å²) in [7, 11) is 0. The fraction of sp³-hybridized carbons (Fsp3) is 0.764. The van der Waals surface area contributed by atoms with Crippen molar-refractivity contribution in [2.45, 2.75) is 341 Å². The largest absolute Gasteiger partial charge is 0.462 e. The average Bonchev–Trinajstić information content (AvgIpc) is 3.44. The lowest BCUT2D eigenvalue weighted by Crippen LogP contribution is -2.30. The van der Waals surface area contributed by atoms with E-state index in [1.54, 1.807) is 0 Å². The van der Waals surface area contributed by atoms with E-state index in [0.717, 1.165) is 103 Å². The summed E-state index contributed by atoms with van der Waals surface area (Å²) in [5.74, 6) is -0.881. The van der Waals surface area contributed by atoms with Crippen LogP contribution in [-0.4, -0.2) is 37.2 Å². The molecule has 0 aliphatic carbocycles. The SMILES string of the molecule is CC/C=C\C/C=C\C/C=C\C/C=C\CCCCCCCCCCCCCCCCCCC(=O)OCC(COC(=O)CCCCCCC/C=C\CCCCCC)OC(=O)CCCCCCCCC/C=C\C/C=C\CCCCCC. The molecule has 0 heterocycles. The maximum Gasteiger partial charge on any atom is 0.306 e. The molecular formula is C72H126O6. The van der Waals surface area contributed by atoms with Gasteiger partial charge in [-0.2, -0.15) is 0 Å². The first-order chi connectivity index (χ1) is 38.5. The van der Waals surface area contributed by atoms with Crippen molar-refractivity contribution in [1.82, 2.24) is 0 Å². The molecule has 450 valence electrons. The van der Waals surface area contributed by atoms with Gasteiger partial charge in [-0.25, -0.2) is 0 Å². The summed E-state index contributed by atoms with van der Waals surface area (Å²) in [5.41, 5.74) is 0. The molecule has 78 heavy (non-hydrogen) atoms. The minimum absolute atomic E-state index is 0.0796. The number of unbranched alkanes of at least 4 members (excludes halogenated alkanes) is 36. The van der Waals surface area contributed by atoms with Gasteiger partial charge in [0, 0.05) is 19.3 Å². The maximum atomic E-state index is 12.9. The zero-order valence-corrected chi connectivity index (χ0v) is 51.7. The summed E-state index contributed by atoms with van der Waals surface area (Å²) >= 11 is 0. The van der Waals surface area contributed by atoms with Gasteiger partial charge in [0.25, 0.3) is 0 Å². The van der Waals surface area contributed by atoms with Crippen LogP contribution in [0.25, 0.3) is 0 Å². The first-order valence-electron chi connectivity index (χ1n) is 33.6. The second kappa shape index (κ2) is 66.1.